The van der Waals surface area contributed by atoms with E-state index in [1.165, 1.54) is 0 Å². The molecule has 0 saturated carbocycles. The molecule has 72 valence electrons. The molecule has 0 fully saturated rings. The lowest BCUT2D eigenvalue weighted by Gasteiger charge is -2.02. The van der Waals surface area contributed by atoms with Crippen molar-refractivity contribution in [1.82, 2.24) is 4.98 Å². The first kappa shape index (κ1) is 8.81. The molecule has 0 N–H and O–H groups in total. The third-order valence-corrected chi connectivity index (χ3v) is 2.06. The van der Waals surface area contributed by atoms with Crippen molar-refractivity contribution in [3.8, 4) is 0 Å². The Hall–Kier alpha value is -1.77. The van der Waals surface area contributed by atoms with Gasteiger partial charge in [0, 0.05) is 12.5 Å². The largest absolute Gasteiger partial charge is 0.497 e. The number of methoxy groups -OCH3 is 1. The van der Waals surface area contributed by atoms with Gasteiger partial charge < -0.3 is 9.15 Å². The molecule has 0 bridgehead atoms. The van der Waals surface area contributed by atoms with Crippen LogP contribution in [0.4, 0.5) is 0 Å². The maximum absolute atomic E-state index is 5.35. The summed E-state index contributed by atoms with van der Waals surface area (Å²) in [5.41, 5.74) is 2.54. The lowest BCUT2D eigenvalue weighted by Crippen LogP contribution is -1.84. The van der Waals surface area contributed by atoms with Gasteiger partial charge in [0.25, 0.3) is 0 Å². The molecule has 2 rings (SSSR count). The summed E-state index contributed by atoms with van der Waals surface area (Å²) in [6.07, 6.45) is 0. The summed E-state index contributed by atoms with van der Waals surface area (Å²) >= 11 is 0. The molecule has 0 atom stereocenters. The van der Waals surface area contributed by atoms with Gasteiger partial charge in [0.2, 0.25) is 0 Å². The SMILES string of the molecule is C=C(OC)c1ccc2oc(C)nc2c1. The number of aromatic nitrogens is 1. The Morgan fingerprint density at radius 2 is 2.29 bits per heavy atom. The monoisotopic (exact) mass is 189 g/mol. The van der Waals surface area contributed by atoms with Crippen LogP contribution in [0.15, 0.2) is 29.2 Å². The minimum Gasteiger partial charge on any atom is -0.497 e. The minimum atomic E-state index is 0.632. The van der Waals surface area contributed by atoms with E-state index in [0.717, 1.165) is 16.7 Å². The summed E-state index contributed by atoms with van der Waals surface area (Å²) in [5, 5.41) is 0. The fourth-order valence-electron chi connectivity index (χ4n) is 1.33. The van der Waals surface area contributed by atoms with Gasteiger partial charge in [0.1, 0.15) is 11.3 Å². The maximum atomic E-state index is 5.35. The predicted octanol–water partition coefficient (Wildman–Crippen LogP) is 2.75. The molecule has 0 unspecified atom stereocenters. The number of ether oxygens (including phenoxy) is 1. The molecule has 14 heavy (non-hydrogen) atoms. The van der Waals surface area contributed by atoms with Crippen LogP contribution in [0, 0.1) is 6.92 Å². The van der Waals surface area contributed by atoms with Crippen LogP contribution < -0.4 is 0 Å². The van der Waals surface area contributed by atoms with Gasteiger partial charge >= 0.3 is 0 Å². The van der Waals surface area contributed by atoms with Gasteiger partial charge in [0.15, 0.2) is 11.5 Å². The number of fused-ring (bicyclic) bond motifs is 1. The molecule has 0 radical (unpaired) electrons. The number of aryl methyl sites for hydroxylation is 1. The standard InChI is InChI=1S/C11H11NO2/c1-7(13-3)9-4-5-11-10(6-9)12-8(2)14-11/h4-6H,1H2,2-3H3. The van der Waals surface area contributed by atoms with Gasteiger partial charge in [-0.1, -0.05) is 6.58 Å². The van der Waals surface area contributed by atoms with Gasteiger partial charge in [-0.15, -0.1) is 0 Å². The lowest BCUT2D eigenvalue weighted by atomic mass is 10.2. The molecule has 0 aliphatic carbocycles. The number of hydrogen-bond acceptors (Lipinski definition) is 3. The van der Waals surface area contributed by atoms with E-state index in [1.807, 2.05) is 25.1 Å². The summed E-state index contributed by atoms with van der Waals surface area (Å²) in [6, 6.07) is 5.67. The molecule has 0 saturated heterocycles. The molecule has 1 aromatic carbocycles. The highest BCUT2D eigenvalue weighted by Crippen LogP contribution is 2.20. The molecule has 0 spiro atoms. The van der Waals surface area contributed by atoms with E-state index >= 15 is 0 Å². The van der Waals surface area contributed by atoms with Crippen molar-refractivity contribution in [2.75, 3.05) is 7.11 Å². The molecular weight excluding hydrogens is 178 g/mol. The van der Waals surface area contributed by atoms with Crippen LogP contribution in [0.3, 0.4) is 0 Å². The summed E-state index contributed by atoms with van der Waals surface area (Å²) in [6.45, 7) is 5.60. The highest BCUT2D eigenvalue weighted by Gasteiger charge is 2.04. The van der Waals surface area contributed by atoms with E-state index in [-0.39, 0.29) is 0 Å². The molecule has 3 heteroatoms. The van der Waals surface area contributed by atoms with Gasteiger partial charge in [-0.3, -0.25) is 0 Å². The average Bonchev–Trinajstić information content (AvgIpc) is 2.55. The molecule has 1 heterocycles. The Morgan fingerprint density at radius 1 is 1.50 bits per heavy atom. The molecule has 1 aromatic heterocycles. The van der Waals surface area contributed by atoms with Gasteiger partial charge in [-0.25, -0.2) is 4.98 Å². The quantitative estimate of drug-likeness (QED) is 0.681. The molecule has 0 amide bonds. The van der Waals surface area contributed by atoms with Gasteiger partial charge in [0.05, 0.1) is 7.11 Å². The van der Waals surface area contributed by atoms with Crippen molar-refractivity contribution < 1.29 is 9.15 Å². The predicted molar refractivity (Wildman–Crippen MR) is 54.8 cm³/mol. The van der Waals surface area contributed by atoms with E-state index in [1.54, 1.807) is 7.11 Å². The third-order valence-electron chi connectivity index (χ3n) is 2.06. The van der Waals surface area contributed by atoms with Crippen LogP contribution >= 0.6 is 0 Å². The first-order chi connectivity index (χ1) is 6.70. The normalized spacial score (nSPS) is 10.4. The molecule has 2 aromatic rings. The van der Waals surface area contributed by atoms with Crippen LogP contribution in [0.25, 0.3) is 16.9 Å². The fraction of sp³-hybridized carbons (Fsp3) is 0.182. The number of oxazole rings is 1. The second-order valence-corrected chi connectivity index (χ2v) is 3.04. The topological polar surface area (TPSA) is 35.3 Å². The Kier molecular flexibility index (Phi) is 2.00. The third kappa shape index (κ3) is 1.37. The van der Waals surface area contributed by atoms with E-state index in [4.69, 9.17) is 9.15 Å². The fourth-order valence-corrected chi connectivity index (χ4v) is 1.33. The number of benzene rings is 1. The highest BCUT2D eigenvalue weighted by molar-refractivity contribution is 5.77. The van der Waals surface area contributed by atoms with E-state index in [2.05, 4.69) is 11.6 Å². The minimum absolute atomic E-state index is 0.632. The van der Waals surface area contributed by atoms with Crippen LogP contribution in [-0.4, -0.2) is 12.1 Å². The van der Waals surface area contributed by atoms with E-state index < -0.39 is 0 Å². The van der Waals surface area contributed by atoms with Gasteiger partial charge in [-0.2, -0.15) is 0 Å². The summed E-state index contributed by atoms with van der Waals surface area (Å²) in [7, 11) is 1.60. The zero-order chi connectivity index (χ0) is 10.1. The van der Waals surface area contributed by atoms with Crippen LogP contribution in [-0.2, 0) is 4.74 Å². The zero-order valence-electron chi connectivity index (χ0n) is 8.20. The Morgan fingerprint density at radius 3 is 3.00 bits per heavy atom. The van der Waals surface area contributed by atoms with E-state index in [0.29, 0.717) is 11.6 Å². The Balaban J connectivity index is 2.55. The summed E-state index contributed by atoms with van der Waals surface area (Å²) in [5.74, 6) is 1.30. The Bertz CT molecular complexity index is 485. The zero-order valence-corrected chi connectivity index (χ0v) is 8.20. The Labute approximate surface area is 82.0 Å². The van der Waals surface area contributed by atoms with E-state index in [9.17, 15) is 0 Å². The van der Waals surface area contributed by atoms with Crippen molar-refractivity contribution in [3.05, 3.63) is 36.2 Å². The average molecular weight is 189 g/mol. The molecule has 0 aliphatic heterocycles. The molecular formula is C11H11NO2. The lowest BCUT2D eigenvalue weighted by molar-refractivity contribution is 0.371. The van der Waals surface area contributed by atoms with Crippen molar-refractivity contribution >= 4 is 16.9 Å². The van der Waals surface area contributed by atoms with Crippen LogP contribution in [0.1, 0.15) is 11.5 Å². The smallest absolute Gasteiger partial charge is 0.192 e. The van der Waals surface area contributed by atoms with Crippen molar-refractivity contribution in [2.45, 2.75) is 6.92 Å². The maximum Gasteiger partial charge on any atom is 0.192 e. The first-order valence-electron chi connectivity index (χ1n) is 4.31. The number of hydrogen-bond donors (Lipinski definition) is 0. The van der Waals surface area contributed by atoms with Crippen molar-refractivity contribution in [1.29, 1.82) is 0 Å². The molecule has 3 nitrogen and oxygen atoms in total. The second-order valence-electron chi connectivity index (χ2n) is 3.04. The van der Waals surface area contributed by atoms with Crippen LogP contribution in [0.2, 0.25) is 0 Å². The van der Waals surface area contributed by atoms with Gasteiger partial charge in [-0.05, 0) is 18.2 Å². The number of rotatable bonds is 2. The van der Waals surface area contributed by atoms with Crippen molar-refractivity contribution in [2.24, 2.45) is 0 Å². The first-order valence-corrected chi connectivity index (χ1v) is 4.31. The second kappa shape index (κ2) is 3.18. The van der Waals surface area contributed by atoms with Crippen LogP contribution in [0.5, 0.6) is 0 Å². The summed E-state index contributed by atoms with van der Waals surface area (Å²) < 4.78 is 10.4. The van der Waals surface area contributed by atoms with Crippen molar-refractivity contribution in [3.63, 3.8) is 0 Å². The highest BCUT2D eigenvalue weighted by atomic mass is 16.5. The number of nitrogens with zero attached hydrogens (tertiary/aromatic N) is 1. The molecule has 0 aliphatic rings. The summed E-state index contributed by atoms with van der Waals surface area (Å²) in [4.78, 5) is 4.23.